The summed E-state index contributed by atoms with van der Waals surface area (Å²) in [6.45, 7) is 0. The average Bonchev–Trinajstić information content (AvgIpc) is 3.44. The van der Waals surface area contributed by atoms with Gasteiger partial charge in [0.1, 0.15) is 0 Å². The fourth-order valence-electron chi connectivity index (χ4n) is 4.74. The average molecular weight is 800 g/mol. The summed E-state index contributed by atoms with van der Waals surface area (Å²) in [5, 5.41) is 27.4. The Bertz CT molecular complexity index is 1870. The second-order valence-electron chi connectivity index (χ2n) is 10.9. The number of carboxylic acid groups (broad SMARTS) is 2. The van der Waals surface area contributed by atoms with E-state index in [1.807, 2.05) is 0 Å². The molecule has 3 aromatic rings. The summed E-state index contributed by atoms with van der Waals surface area (Å²) in [6, 6.07) is 1.54. The second-order valence-corrected chi connectivity index (χ2v) is 11.7. The molecule has 23 heteroatoms. The molecule has 4 rings (SSSR count). The number of rotatable bonds is 8. The van der Waals surface area contributed by atoms with Crippen molar-refractivity contribution in [3.05, 3.63) is 69.1 Å². The molecule has 0 spiro atoms. The lowest BCUT2D eigenvalue weighted by atomic mass is 10.0. The zero-order valence-electron chi connectivity index (χ0n) is 25.4. The molecule has 9 nitrogen and oxygen atoms in total. The number of aliphatic carboxylic acids is 2. The monoisotopic (exact) mass is 799 g/mol. The normalized spacial score (nSPS) is 15.5. The molecule has 1 aromatic heterocycles. The minimum atomic E-state index is -5.06. The van der Waals surface area contributed by atoms with Gasteiger partial charge in [0.15, 0.2) is 4.77 Å². The van der Waals surface area contributed by atoms with Crippen LogP contribution in [0, 0.1) is 10.7 Å². The maximum atomic E-state index is 12.9. The van der Waals surface area contributed by atoms with Crippen LogP contribution in [0.1, 0.15) is 53.6 Å². The van der Waals surface area contributed by atoms with E-state index >= 15 is 0 Å². The summed E-state index contributed by atoms with van der Waals surface area (Å²) < 4.78 is 155. The highest BCUT2D eigenvalue weighted by Gasteiger charge is 2.42. The van der Waals surface area contributed by atoms with Gasteiger partial charge in [0.25, 0.3) is 0 Å². The number of carboxylic acids is 2. The predicted octanol–water partition coefficient (Wildman–Crippen LogP) is 8.56. The van der Waals surface area contributed by atoms with Gasteiger partial charge in [-0.3, -0.25) is 23.9 Å². The van der Waals surface area contributed by atoms with E-state index in [0.29, 0.717) is 33.7 Å². The molecule has 0 saturated carbocycles. The highest BCUT2D eigenvalue weighted by atomic mass is 32.1. The molecule has 0 radical (unpaired) electrons. The Labute approximate surface area is 293 Å². The van der Waals surface area contributed by atoms with E-state index in [0.717, 1.165) is 0 Å². The Morgan fingerprint density at radius 3 is 1.50 bits per heavy atom. The number of alkyl halides is 12. The van der Waals surface area contributed by atoms with Crippen LogP contribution >= 0.6 is 24.4 Å². The number of amides is 1. The summed E-state index contributed by atoms with van der Waals surface area (Å²) in [6.07, 6.45) is -21.5. The third-order valence-electron chi connectivity index (χ3n) is 7.14. The molecular formula is C29H21F12N3O6S2. The van der Waals surface area contributed by atoms with E-state index in [2.05, 4.69) is 4.98 Å². The third kappa shape index (κ3) is 10.2. The van der Waals surface area contributed by atoms with E-state index in [9.17, 15) is 72.2 Å². The number of aromatic nitrogens is 2. The Morgan fingerprint density at radius 1 is 0.712 bits per heavy atom. The number of nitrogens with zero attached hydrogens (tertiary/aromatic N) is 2. The number of anilines is 1. The number of thiocarbonyl (C=S) groups is 1. The van der Waals surface area contributed by atoms with Gasteiger partial charge in [-0.25, -0.2) is 0 Å². The number of aromatic amines is 1. The molecule has 1 aliphatic rings. The molecule has 0 aliphatic carbocycles. The molecule has 0 bridgehead atoms. The van der Waals surface area contributed by atoms with Crippen molar-refractivity contribution in [1.82, 2.24) is 9.55 Å². The number of halogens is 12. The van der Waals surface area contributed by atoms with Gasteiger partial charge in [-0.2, -0.15) is 52.7 Å². The third-order valence-corrected chi connectivity index (χ3v) is 7.77. The highest BCUT2D eigenvalue weighted by Crippen LogP contribution is 2.41. The molecule has 284 valence electrons. The van der Waals surface area contributed by atoms with Crippen LogP contribution in [0.4, 0.5) is 58.4 Å². The van der Waals surface area contributed by atoms with Crippen LogP contribution in [0.3, 0.4) is 0 Å². The van der Waals surface area contributed by atoms with Crippen LogP contribution in [-0.4, -0.2) is 47.7 Å². The number of aryl methyl sites for hydroxylation is 1. The fraction of sp³-hybridized carbons (Fsp3) is 0.345. The number of imidazole rings is 1. The molecule has 52 heavy (non-hydrogen) atoms. The smallest absolute Gasteiger partial charge is 0.416 e. The van der Waals surface area contributed by atoms with Gasteiger partial charge < -0.3 is 20.3 Å². The number of benzene rings is 2. The van der Waals surface area contributed by atoms with Crippen molar-refractivity contribution in [2.24, 2.45) is 5.92 Å². The molecule has 1 aliphatic heterocycles. The maximum absolute atomic E-state index is 12.9. The van der Waals surface area contributed by atoms with Gasteiger partial charge in [-0.1, -0.05) is 12.2 Å². The Morgan fingerprint density at radius 2 is 1.12 bits per heavy atom. The van der Waals surface area contributed by atoms with E-state index in [-0.39, 0.29) is 53.3 Å². The van der Waals surface area contributed by atoms with Gasteiger partial charge >= 0.3 is 36.6 Å². The first kappa shape index (κ1) is 41.7. The summed E-state index contributed by atoms with van der Waals surface area (Å²) in [7, 11) is 0. The largest absolute Gasteiger partial charge is 0.493 e. The van der Waals surface area contributed by atoms with Gasteiger partial charge in [0.2, 0.25) is 11.8 Å². The minimum absolute atomic E-state index is 0.0466. The van der Waals surface area contributed by atoms with E-state index in [1.54, 1.807) is 0 Å². The van der Waals surface area contributed by atoms with Crippen LogP contribution in [0.5, 0.6) is 5.88 Å². The molecule has 1 saturated heterocycles. The summed E-state index contributed by atoms with van der Waals surface area (Å²) >= 11 is 9.76. The summed E-state index contributed by atoms with van der Waals surface area (Å²) in [4.78, 5) is 36.4. The predicted molar refractivity (Wildman–Crippen MR) is 160 cm³/mol. The summed E-state index contributed by atoms with van der Waals surface area (Å²) in [5.41, 5.74) is -7.69. The zero-order valence-corrected chi connectivity index (χ0v) is 27.0. The number of aromatic hydroxyl groups is 1. The van der Waals surface area contributed by atoms with E-state index < -0.39 is 94.4 Å². The molecule has 1 atom stereocenters. The van der Waals surface area contributed by atoms with Gasteiger partial charge in [-0.05, 0) is 55.0 Å². The van der Waals surface area contributed by atoms with Gasteiger partial charge in [-0.15, -0.1) is 0 Å². The number of nitrogens with one attached hydrogen (secondary N) is 1. The lowest BCUT2D eigenvalue weighted by Crippen LogP contribution is -2.30. The van der Waals surface area contributed by atoms with Crippen LogP contribution in [0.15, 0.2) is 36.4 Å². The van der Waals surface area contributed by atoms with Crippen molar-refractivity contribution in [1.29, 1.82) is 0 Å². The first-order chi connectivity index (χ1) is 23.6. The number of hydrogen-bond donors (Lipinski definition) is 4. The molecule has 2 aromatic carbocycles. The van der Waals surface area contributed by atoms with Gasteiger partial charge in [0, 0.05) is 25.2 Å². The molecule has 2 heterocycles. The molecule has 1 amide bonds. The number of carbonyl (C=O) groups excluding carboxylic acids is 1. The molecule has 1 fully saturated rings. The van der Waals surface area contributed by atoms with E-state index in [1.165, 1.54) is 0 Å². The van der Waals surface area contributed by atoms with E-state index in [4.69, 9.17) is 34.6 Å². The molecular weight excluding hydrogens is 778 g/mol. The molecule has 4 N–H and O–H groups in total. The fourth-order valence-corrected chi connectivity index (χ4v) is 5.45. The SMILES string of the molecule is O=C(O)CCC1CC(=S)N(c2cc(C(F)(F)F)cc(C(F)(F)F)c2)C1=O.O=C(O)CCc1[nH]c(=S)n(-c2cc(C(F)(F)F)cc(C(F)(F)F)c2)c1O. The highest BCUT2D eigenvalue weighted by molar-refractivity contribution is 7.80. The zero-order chi connectivity index (χ0) is 39.7. The first-order valence-corrected chi connectivity index (χ1v) is 14.9. The lowest BCUT2D eigenvalue weighted by molar-refractivity contribution is -0.144. The van der Waals surface area contributed by atoms with Crippen LogP contribution < -0.4 is 4.90 Å². The van der Waals surface area contributed by atoms with Crippen molar-refractivity contribution in [2.45, 2.75) is 56.8 Å². The van der Waals surface area contributed by atoms with Crippen molar-refractivity contribution in [3.8, 4) is 11.6 Å². The topological polar surface area (TPSA) is 136 Å². The number of hydrogen-bond acceptors (Lipinski definition) is 6. The molecule has 1 unspecified atom stereocenters. The lowest BCUT2D eigenvalue weighted by Gasteiger charge is -2.20. The standard InChI is InChI=1S/C15H11F6NO3S.C14H10F6N2O3S/c16-14(17,18)8-4-9(15(19,20)21)6-10(5-8)22-11(26)3-7(13(22)25)1-2-12(23)24;15-13(16,17)6-3-7(14(18,19)20)5-8(4-6)22-11(25)9(21-12(22)26)1-2-10(23)24/h4-7H,1-3H2,(H,23,24);3-5,25H,1-2H2,(H,21,26)(H,23,24). The Kier molecular flexibility index (Phi) is 12.1. The number of H-pyrrole nitrogens is 1. The Hall–Kier alpha value is -4.67. The minimum Gasteiger partial charge on any atom is -0.493 e. The maximum Gasteiger partial charge on any atom is 0.416 e. The van der Waals surface area contributed by atoms with Crippen molar-refractivity contribution in [3.63, 3.8) is 0 Å². The summed E-state index contributed by atoms with van der Waals surface area (Å²) in [5.74, 6) is -4.87. The van der Waals surface area contributed by atoms with Crippen molar-refractivity contribution in [2.75, 3.05) is 4.90 Å². The Balaban J connectivity index is 0.000000280. The van der Waals surface area contributed by atoms with Crippen LogP contribution in [0.2, 0.25) is 0 Å². The number of carbonyl (C=O) groups is 3. The van der Waals surface area contributed by atoms with Crippen molar-refractivity contribution >= 4 is 53.0 Å². The van der Waals surface area contributed by atoms with Gasteiger partial charge in [0.05, 0.1) is 50.7 Å². The second kappa shape index (κ2) is 15.1. The quantitative estimate of drug-likeness (QED) is 0.132. The van der Waals surface area contributed by atoms with Crippen molar-refractivity contribution < 1.29 is 82.4 Å². The van der Waals surface area contributed by atoms with Crippen LogP contribution in [0.25, 0.3) is 5.69 Å². The first-order valence-electron chi connectivity index (χ1n) is 14.0. The van der Waals surface area contributed by atoms with Crippen LogP contribution in [-0.2, 0) is 45.5 Å².